The van der Waals surface area contributed by atoms with Gasteiger partial charge < -0.3 is 0 Å². The fraction of sp³-hybridized carbons (Fsp3) is 0.529. The van der Waals surface area contributed by atoms with Gasteiger partial charge in [-0.3, -0.25) is 0 Å². The Hall–Kier alpha value is -1.00. The minimum atomic E-state index is -1.20. The highest BCUT2D eigenvalue weighted by Gasteiger charge is 2.06. The van der Waals surface area contributed by atoms with Crippen molar-refractivity contribution in [2.75, 3.05) is 0 Å². The molecule has 0 aromatic rings. The second-order valence-electron chi connectivity index (χ2n) is 5.54. The first-order chi connectivity index (χ1) is 8.56. The zero-order chi connectivity index (χ0) is 13.7. The van der Waals surface area contributed by atoms with E-state index in [1.807, 2.05) is 18.2 Å². The predicted molar refractivity (Wildman–Crippen MR) is 87.3 cm³/mol. The van der Waals surface area contributed by atoms with Crippen LogP contribution in [0.3, 0.4) is 0 Å². The number of rotatable bonds is 7. The van der Waals surface area contributed by atoms with Crippen molar-refractivity contribution in [3.63, 3.8) is 0 Å². The molecule has 0 aliphatic carbocycles. The monoisotopic (exact) mass is 260 g/mol. The smallest absolute Gasteiger partial charge is 0.127 e. The van der Waals surface area contributed by atoms with Gasteiger partial charge in [0.1, 0.15) is 8.07 Å². The van der Waals surface area contributed by atoms with Crippen LogP contribution in [0.2, 0.25) is 19.6 Å². The largest absolute Gasteiger partial charge is 0.129 e. The normalized spacial score (nSPS) is 12.4. The zero-order valence-corrected chi connectivity index (χ0v) is 13.5. The summed E-state index contributed by atoms with van der Waals surface area (Å²) in [5, 5.41) is 0. The van der Waals surface area contributed by atoms with E-state index in [2.05, 4.69) is 56.3 Å². The van der Waals surface area contributed by atoms with E-state index in [-0.39, 0.29) is 0 Å². The lowest BCUT2D eigenvalue weighted by Crippen LogP contribution is -2.16. The van der Waals surface area contributed by atoms with Gasteiger partial charge in [-0.15, -0.1) is 5.54 Å². The molecule has 0 amide bonds. The van der Waals surface area contributed by atoms with Gasteiger partial charge >= 0.3 is 0 Å². The summed E-state index contributed by atoms with van der Waals surface area (Å²) in [6, 6.07) is 0. The van der Waals surface area contributed by atoms with Crippen molar-refractivity contribution in [1.29, 1.82) is 0 Å². The van der Waals surface area contributed by atoms with Crippen molar-refractivity contribution in [2.24, 2.45) is 0 Å². The van der Waals surface area contributed by atoms with Crippen LogP contribution in [-0.4, -0.2) is 8.07 Å². The SMILES string of the molecule is CCCCCC/C=C/C=C/C=C/C#C[Si](C)(C)C. The highest BCUT2D eigenvalue weighted by molar-refractivity contribution is 6.83. The number of unbranched alkanes of at least 4 members (excludes halogenated alkanes) is 4. The molecule has 0 N–H and O–H groups in total. The lowest BCUT2D eigenvalue weighted by Gasteiger charge is -2.01. The third-order valence-corrected chi connectivity index (χ3v) is 3.21. The second kappa shape index (κ2) is 11.1. The highest BCUT2D eigenvalue weighted by Crippen LogP contribution is 2.02. The first kappa shape index (κ1) is 17.0. The second-order valence-corrected chi connectivity index (χ2v) is 10.3. The maximum Gasteiger partial charge on any atom is 0.129 e. The van der Waals surface area contributed by atoms with Crippen LogP contribution >= 0.6 is 0 Å². The van der Waals surface area contributed by atoms with Crippen LogP contribution in [0.15, 0.2) is 36.5 Å². The molecule has 0 rings (SSSR count). The van der Waals surface area contributed by atoms with E-state index in [1.54, 1.807) is 0 Å². The summed E-state index contributed by atoms with van der Waals surface area (Å²) < 4.78 is 0. The average molecular weight is 260 g/mol. The fourth-order valence-corrected chi connectivity index (χ4v) is 1.87. The molecule has 0 fully saturated rings. The third-order valence-electron chi connectivity index (χ3n) is 2.32. The summed E-state index contributed by atoms with van der Waals surface area (Å²) in [6.45, 7) is 9.01. The van der Waals surface area contributed by atoms with Crippen LogP contribution in [0.25, 0.3) is 0 Å². The molecule has 0 nitrogen and oxygen atoms in total. The molecular weight excluding hydrogens is 232 g/mol. The Morgan fingerprint density at radius 3 is 2.28 bits per heavy atom. The van der Waals surface area contributed by atoms with Crippen molar-refractivity contribution < 1.29 is 0 Å². The molecule has 1 heteroatoms. The zero-order valence-electron chi connectivity index (χ0n) is 12.5. The molecule has 0 spiro atoms. The average Bonchev–Trinajstić information content (AvgIpc) is 2.29. The minimum Gasteiger partial charge on any atom is -0.127 e. The molecule has 100 valence electrons. The molecule has 0 radical (unpaired) electrons. The van der Waals surface area contributed by atoms with Crippen molar-refractivity contribution >= 4 is 8.07 Å². The van der Waals surface area contributed by atoms with Gasteiger partial charge in [0.05, 0.1) is 0 Å². The lowest BCUT2D eigenvalue weighted by molar-refractivity contribution is 0.674. The van der Waals surface area contributed by atoms with E-state index in [4.69, 9.17) is 0 Å². The van der Waals surface area contributed by atoms with Crippen LogP contribution in [0.4, 0.5) is 0 Å². The van der Waals surface area contributed by atoms with Crippen LogP contribution in [0.5, 0.6) is 0 Å². The van der Waals surface area contributed by atoms with E-state index in [0.717, 1.165) is 0 Å². The van der Waals surface area contributed by atoms with E-state index < -0.39 is 8.07 Å². The van der Waals surface area contributed by atoms with Crippen LogP contribution in [-0.2, 0) is 0 Å². The Morgan fingerprint density at radius 2 is 1.61 bits per heavy atom. The van der Waals surface area contributed by atoms with Gasteiger partial charge in [0.25, 0.3) is 0 Å². The molecule has 0 atom stereocenters. The quantitative estimate of drug-likeness (QED) is 0.245. The number of hydrogen-bond donors (Lipinski definition) is 0. The van der Waals surface area contributed by atoms with Gasteiger partial charge in [-0.1, -0.05) is 82.1 Å². The van der Waals surface area contributed by atoms with Crippen LogP contribution in [0.1, 0.15) is 39.0 Å². The topological polar surface area (TPSA) is 0 Å². The molecule has 18 heavy (non-hydrogen) atoms. The minimum absolute atomic E-state index is 1.20. The Kier molecular flexibility index (Phi) is 10.5. The van der Waals surface area contributed by atoms with Crippen molar-refractivity contribution in [2.45, 2.75) is 58.7 Å². The van der Waals surface area contributed by atoms with Gasteiger partial charge in [0.2, 0.25) is 0 Å². The first-order valence-corrected chi connectivity index (χ1v) is 10.6. The van der Waals surface area contributed by atoms with Gasteiger partial charge in [-0.25, -0.2) is 0 Å². The van der Waals surface area contributed by atoms with E-state index in [1.165, 1.54) is 32.1 Å². The van der Waals surface area contributed by atoms with Gasteiger partial charge in [0, 0.05) is 0 Å². The Morgan fingerprint density at radius 1 is 0.889 bits per heavy atom. The van der Waals surface area contributed by atoms with E-state index >= 15 is 0 Å². The lowest BCUT2D eigenvalue weighted by atomic mass is 10.1. The Labute approximate surface area is 115 Å². The van der Waals surface area contributed by atoms with Crippen molar-refractivity contribution in [3.8, 4) is 11.5 Å². The standard InChI is InChI=1S/C17H28Si/c1-5-6-7-8-9-10-11-12-13-14-15-16-17-18(2,3)4/h10-15H,5-9H2,1-4H3/b11-10+,13-12+,15-14+. The summed E-state index contributed by atoms with van der Waals surface area (Å²) in [5.74, 6) is 3.11. The maximum atomic E-state index is 3.30. The summed E-state index contributed by atoms with van der Waals surface area (Å²) in [6.07, 6.45) is 19.0. The molecule has 0 saturated carbocycles. The van der Waals surface area contributed by atoms with Crippen molar-refractivity contribution in [3.05, 3.63) is 36.5 Å². The molecule has 0 aromatic carbocycles. The summed E-state index contributed by atoms with van der Waals surface area (Å²) in [7, 11) is -1.20. The summed E-state index contributed by atoms with van der Waals surface area (Å²) in [5.41, 5.74) is 3.30. The van der Waals surface area contributed by atoms with Crippen molar-refractivity contribution in [1.82, 2.24) is 0 Å². The summed E-state index contributed by atoms with van der Waals surface area (Å²) >= 11 is 0. The third kappa shape index (κ3) is 15.0. The number of hydrogen-bond acceptors (Lipinski definition) is 0. The molecular formula is C17H28Si. The van der Waals surface area contributed by atoms with Gasteiger partial charge in [-0.05, 0) is 18.9 Å². The maximum absolute atomic E-state index is 3.30. The van der Waals surface area contributed by atoms with Gasteiger partial charge in [0.15, 0.2) is 0 Å². The highest BCUT2D eigenvalue weighted by atomic mass is 28.3. The predicted octanol–water partition coefficient (Wildman–Crippen LogP) is 5.51. The molecule has 0 aliphatic rings. The Bertz CT molecular complexity index is 329. The summed E-state index contributed by atoms with van der Waals surface area (Å²) in [4.78, 5) is 0. The molecule has 0 bridgehead atoms. The van der Waals surface area contributed by atoms with E-state index in [0.29, 0.717) is 0 Å². The Balaban J connectivity index is 3.67. The molecule has 0 aliphatic heterocycles. The fourth-order valence-electron chi connectivity index (χ4n) is 1.35. The van der Waals surface area contributed by atoms with Crippen LogP contribution in [0, 0.1) is 11.5 Å². The first-order valence-electron chi connectivity index (χ1n) is 7.07. The molecule has 0 heterocycles. The van der Waals surface area contributed by atoms with Gasteiger partial charge in [-0.2, -0.15) is 0 Å². The molecule has 0 saturated heterocycles. The molecule has 0 unspecified atom stereocenters. The number of allylic oxidation sites excluding steroid dienone is 6. The van der Waals surface area contributed by atoms with E-state index in [9.17, 15) is 0 Å². The molecule has 0 aromatic heterocycles. The van der Waals surface area contributed by atoms with Crippen LogP contribution < -0.4 is 0 Å².